The van der Waals surface area contributed by atoms with Gasteiger partial charge in [-0.15, -0.1) is 11.3 Å². The van der Waals surface area contributed by atoms with Crippen LogP contribution in [0, 0.1) is 6.92 Å². The fraction of sp³-hybridized carbons (Fsp3) is 0.391. The second kappa shape index (κ2) is 9.85. The molecule has 0 radical (unpaired) electrons. The Hall–Kier alpha value is -2.35. The quantitative estimate of drug-likeness (QED) is 0.356. The maximum atomic E-state index is 13.1. The minimum atomic E-state index is -0.699. The Morgan fingerprint density at radius 3 is 2.58 bits per heavy atom. The minimum absolute atomic E-state index is 0.0620. The van der Waals surface area contributed by atoms with E-state index in [-0.39, 0.29) is 17.1 Å². The molecule has 6 nitrogen and oxygen atoms in total. The number of amides is 1. The molecule has 1 aliphatic rings. The van der Waals surface area contributed by atoms with E-state index in [2.05, 4.69) is 18.7 Å². The van der Waals surface area contributed by atoms with E-state index in [9.17, 15) is 14.7 Å². The molecule has 1 aromatic carbocycles. The number of ether oxygens (including phenoxy) is 1. The summed E-state index contributed by atoms with van der Waals surface area (Å²) in [4.78, 5) is 30.7. The van der Waals surface area contributed by atoms with E-state index in [0.717, 1.165) is 23.5 Å². The van der Waals surface area contributed by atoms with E-state index in [0.29, 0.717) is 23.7 Å². The van der Waals surface area contributed by atoms with Gasteiger partial charge in [0.2, 0.25) is 0 Å². The van der Waals surface area contributed by atoms with Gasteiger partial charge in [0.1, 0.15) is 11.5 Å². The predicted octanol–water partition coefficient (Wildman–Crippen LogP) is 4.48. The van der Waals surface area contributed by atoms with Gasteiger partial charge in [-0.2, -0.15) is 0 Å². The lowest BCUT2D eigenvalue weighted by Gasteiger charge is -2.27. The van der Waals surface area contributed by atoms with Gasteiger partial charge in [0.15, 0.2) is 0 Å². The van der Waals surface area contributed by atoms with Gasteiger partial charge in [0, 0.05) is 18.0 Å². The molecule has 1 N–H and O–H groups in total. The topological polar surface area (TPSA) is 70.1 Å². The third kappa shape index (κ3) is 4.49. The summed E-state index contributed by atoms with van der Waals surface area (Å²) in [5.74, 6) is -1.31. The van der Waals surface area contributed by atoms with Gasteiger partial charge in [-0.25, -0.2) is 0 Å². The van der Waals surface area contributed by atoms with Gasteiger partial charge in [0.25, 0.3) is 11.7 Å². The molecule has 3 rings (SSSR count). The van der Waals surface area contributed by atoms with Crippen molar-refractivity contribution in [3.8, 4) is 5.75 Å². The smallest absolute Gasteiger partial charge is 0.295 e. The molecular formula is C23H27ClN2O4S. The zero-order valence-electron chi connectivity index (χ0n) is 18.1. The lowest BCUT2D eigenvalue weighted by Crippen LogP contribution is -2.37. The van der Waals surface area contributed by atoms with Crippen molar-refractivity contribution in [2.45, 2.75) is 26.8 Å². The summed E-state index contributed by atoms with van der Waals surface area (Å²) in [6.07, 6.45) is 0. The van der Waals surface area contributed by atoms with Crippen molar-refractivity contribution in [3.05, 3.63) is 56.2 Å². The van der Waals surface area contributed by atoms with Crippen molar-refractivity contribution in [2.75, 3.05) is 33.3 Å². The Bertz CT molecular complexity index is 999. The number of hydrogen-bond donors (Lipinski definition) is 1. The second-order valence-corrected chi connectivity index (χ2v) is 8.75. The molecule has 1 aromatic heterocycles. The Labute approximate surface area is 191 Å². The van der Waals surface area contributed by atoms with Crippen LogP contribution in [-0.4, -0.2) is 59.9 Å². The van der Waals surface area contributed by atoms with Crippen LogP contribution in [0.2, 0.25) is 5.02 Å². The first kappa shape index (κ1) is 23.3. The molecule has 1 saturated heterocycles. The van der Waals surface area contributed by atoms with Crippen molar-refractivity contribution < 1.29 is 19.4 Å². The maximum Gasteiger partial charge on any atom is 0.295 e. The Balaban J connectivity index is 2.14. The number of methoxy groups -OCH3 is 1. The van der Waals surface area contributed by atoms with Gasteiger partial charge in [-0.1, -0.05) is 31.5 Å². The first-order valence-corrected chi connectivity index (χ1v) is 11.5. The average Bonchev–Trinajstić information content (AvgIpc) is 3.35. The van der Waals surface area contributed by atoms with Crippen molar-refractivity contribution in [2.24, 2.45) is 0 Å². The third-order valence-electron chi connectivity index (χ3n) is 5.55. The van der Waals surface area contributed by atoms with Gasteiger partial charge in [-0.05, 0) is 49.2 Å². The molecule has 0 saturated carbocycles. The molecule has 8 heteroatoms. The first-order valence-electron chi connectivity index (χ1n) is 10.2. The van der Waals surface area contributed by atoms with Crippen molar-refractivity contribution in [3.63, 3.8) is 0 Å². The highest BCUT2D eigenvalue weighted by Crippen LogP contribution is 2.43. The minimum Gasteiger partial charge on any atom is -0.507 e. The first-order chi connectivity index (χ1) is 14.8. The lowest BCUT2D eigenvalue weighted by molar-refractivity contribution is -0.140. The molecular weight excluding hydrogens is 436 g/mol. The number of thiophene rings is 1. The number of nitrogens with zero attached hydrogens (tertiary/aromatic N) is 2. The van der Waals surface area contributed by atoms with E-state index >= 15 is 0 Å². The summed E-state index contributed by atoms with van der Waals surface area (Å²) in [7, 11) is 1.45. The van der Waals surface area contributed by atoms with Gasteiger partial charge < -0.3 is 19.6 Å². The number of hydrogen-bond acceptors (Lipinski definition) is 6. The molecule has 1 aliphatic heterocycles. The zero-order valence-corrected chi connectivity index (χ0v) is 19.7. The Morgan fingerprint density at radius 1 is 1.29 bits per heavy atom. The zero-order chi connectivity index (χ0) is 22.7. The molecule has 1 unspecified atom stereocenters. The number of aryl methyl sites for hydroxylation is 1. The standard InChI is InChI=1S/C23H27ClN2O4S/c1-5-25(6-2)9-10-26-19(17-8-7-11-31-17)18(21(28)23(26)29)20(27)15-12-14(3)13-16(24)22(15)30-4/h7-8,11-13,19,27H,5-6,9-10H2,1-4H3/b20-18-. The fourth-order valence-electron chi connectivity index (χ4n) is 3.90. The van der Waals surface area contributed by atoms with Crippen LogP contribution < -0.4 is 4.74 Å². The fourth-order valence-corrected chi connectivity index (χ4v) is 5.10. The molecule has 166 valence electrons. The third-order valence-corrected chi connectivity index (χ3v) is 6.76. The SMILES string of the molecule is CCN(CC)CCN1C(=O)C(=O)/C(=C(\O)c2cc(C)cc(Cl)c2OC)C1c1cccs1. The van der Waals surface area contributed by atoms with E-state index in [1.54, 1.807) is 17.0 Å². The number of aliphatic hydroxyl groups is 1. The number of ketones is 1. The number of carbonyl (C=O) groups is 2. The lowest BCUT2D eigenvalue weighted by atomic mass is 9.98. The van der Waals surface area contributed by atoms with E-state index in [1.165, 1.54) is 18.4 Å². The highest BCUT2D eigenvalue weighted by Gasteiger charge is 2.46. The van der Waals surface area contributed by atoms with Crippen LogP contribution in [0.25, 0.3) is 5.76 Å². The van der Waals surface area contributed by atoms with Crippen LogP contribution in [0.5, 0.6) is 5.75 Å². The molecule has 2 heterocycles. The van der Waals surface area contributed by atoms with Gasteiger partial charge >= 0.3 is 0 Å². The van der Waals surface area contributed by atoms with Crippen LogP contribution in [0.15, 0.2) is 35.2 Å². The van der Waals surface area contributed by atoms with Gasteiger partial charge in [-0.3, -0.25) is 9.59 Å². The molecule has 1 atom stereocenters. The number of benzene rings is 1. The Kier molecular flexibility index (Phi) is 7.41. The van der Waals surface area contributed by atoms with Crippen LogP contribution in [0.4, 0.5) is 0 Å². The Morgan fingerprint density at radius 2 is 2.00 bits per heavy atom. The normalized spacial score (nSPS) is 18.3. The number of aliphatic hydroxyl groups excluding tert-OH is 1. The van der Waals surface area contributed by atoms with Crippen LogP contribution >= 0.6 is 22.9 Å². The summed E-state index contributed by atoms with van der Waals surface area (Å²) in [5, 5.41) is 13.5. The largest absolute Gasteiger partial charge is 0.507 e. The highest BCUT2D eigenvalue weighted by atomic mass is 35.5. The molecule has 31 heavy (non-hydrogen) atoms. The molecule has 0 spiro atoms. The monoisotopic (exact) mass is 462 g/mol. The predicted molar refractivity (Wildman–Crippen MR) is 124 cm³/mol. The summed E-state index contributed by atoms with van der Waals surface area (Å²) in [6.45, 7) is 8.68. The van der Waals surface area contributed by atoms with E-state index in [4.69, 9.17) is 16.3 Å². The number of carbonyl (C=O) groups excluding carboxylic acids is 2. The molecule has 1 fully saturated rings. The highest BCUT2D eigenvalue weighted by molar-refractivity contribution is 7.10. The van der Waals surface area contributed by atoms with Crippen molar-refractivity contribution >= 4 is 40.4 Å². The number of rotatable bonds is 8. The molecule has 2 aromatic rings. The van der Waals surface area contributed by atoms with Crippen molar-refractivity contribution in [1.29, 1.82) is 0 Å². The molecule has 0 aliphatic carbocycles. The number of likely N-dealkylation sites (tertiary alicyclic amines) is 1. The van der Waals surface area contributed by atoms with Crippen LogP contribution in [-0.2, 0) is 9.59 Å². The van der Waals surface area contributed by atoms with Crippen LogP contribution in [0.3, 0.4) is 0 Å². The molecule has 0 bridgehead atoms. The summed E-state index contributed by atoms with van der Waals surface area (Å²) in [6, 6.07) is 6.51. The summed E-state index contributed by atoms with van der Waals surface area (Å²) < 4.78 is 5.39. The second-order valence-electron chi connectivity index (χ2n) is 7.36. The number of likely N-dealkylation sites (N-methyl/N-ethyl adjacent to an activating group) is 1. The summed E-state index contributed by atoms with van der Waals surface area (Å²) >= 11 is 7.75. The van der Waals surface area contributed by atoms with E-state index < -0.39 is 17.7 Å². The van der Waals surface area contributed by atoms with E-state index in [1.807, 2.05) is 24.4 Å². The average molecular weight is 463 g/mol. The van der Waals surface area contributed by atoms with Gasteiger partial charge in [0.05, 0.1) is 29.3 Å². The summed E-state index contributed by atoms with van der Waals surface area (Å²) in [5.41, 5.74) is 1.17. The number of Topliss-reactive ketones (excluding diaryl/α,β-unsaturated/α-hetero) is 1. The maximum absolute atomic E-state index is 13.1. The molecule has 1 amide bonds. The van der Waals surface area contributed by atoms with Crippen molar-refractivity contribution in [1.82, 2.24) is 9.80 Å². The van der Waals surface area contributed by atoms with Crippen LogP contribution in [0.1, 0.15) is 35.9 Å². The number of halogens is 1.